The molecule has 1 atom stereocenters. The fourth-order valence-electron chi connectivity index (χ4n) is 1.58. The first-order chi connectivity index (χ1) is 9.56. The summed E-state index contributed by atoms with van der Waals surface area (Å²) < 4.78 is 0. The first-order valence-electron chi connectivity index (χ1n) is 5.87. The Labute approximate surface area is 120 Å². The monoisotopic (exact) mass is 292 g/mol. The highest BCUT2D eigenvalue weighted by Crippen LogP contribution is 2.23. The van der Waals surface area contributed by atoms with Crippen molar-refractivity contribution in [2.45, 2.75) is 12.5 Å². The zero-order valence-electron chi connectivity index (χ0n) is 10.5. The number of nitrogens with two attached hydrogens (primary N) is 1. The van der Waals surface area contributed by atoms with Crippen LogP contribution in [0.3, 0.4) is 0 Å². The van der Waals surface area contributed by atoms with Crippen molar-refractivity contribution in [3.05, 3.63) is 47.2 Å². The average molecular weight is 293 g/mol. The molecule has 1 aromatic heterocycles. The van der Waals surface area contributed by atoms with Gasteiger partial charge in [-0.05, 0) is 12.1 Å². The lowest BCUT2D eigenvalue weighted by atomic mass is 10.1. The lowest BCUT2D eigenvalue weighted by molar-refractivity contribution is -0.137. The Bertz CT molecular complexity index is 604. The van der Waals surface area contributed by atoms with Crippen molar-refractivity contribution in [3.8, 4) is 0 Å². The summed E-state index contributed by atoms with van der Waals surface area (Å²) in [6.45, 7) is 0. The Balaban J connectivity index is 2.09. The highest BCUT2D eigenvalue weighted by Gasteiger charge is 2.11. The van der Waals surface area contributed by atoms with E-state index in [0.29, 0.717) is 22.2 Å². The average Bonchev–Trinajstić information content (AvgIpc) is 2.41. The summed E-state index contributed by atoms with van der Waals surface area (Å²) in [4.78, 5) is 18.8. The van der Waals surface area contributed by atoms with Crippen LogP contribution in [0.25, 0.3) is 0 Å². The number of carboxylic acid groups (broad SMARTS) is 1. The molecule has 0 saturated carbocycles. The maximum absolute atomic E-state index is 10.6. The summed E-state index contributed by atoms with van der Waals surface area (Å²) in [7, 11) is 0. The van der Waals surface area contributed by atoms with Gasteiger partial charge < -0.3 is 16.2 Å². The minimum atomic E-state index is -0.962. The molecule has 0 bridgehead atoms. The molecule has 0 aliphatic carbocycles. The van der Waals surface area contributed by atoms with E-state index in [1.54, 1.807) is 12.1 Å². The summed E-state index contributed by atoms with van der Waals surface area (Å²) in [6.07, 6.45) is 2.83. The van der Waals surface area contributed by atoms with Crippen LogP contribution in [0.4, 0.5) is 11.6 Å². The van der Waals surface area contributed by atoms with E-state index in [9.17, 15) is 4.79 Å². The predicted molar refractivity (Wildman–Crippen MR) is 75.9 cm³/mol. The minimum Gasteiger partial charge on any atom is -0.481 e. The SMILES string of the molecule is NC(CC(=O)O)c1cnc(Nc2ccccc2Cl)nc1. The van der Waals surface area contributed by atoms with Crippen LogP contribution >= 0.6 is 11.6 Å². The van der Waals surface area contributed by atoms with Crippen molar-refractivity contribution in [2.24, 2.45) is 5.73 Å². The van der Waals surface area contributed by atoms with E-state index < -0.39 is 12.0 Å². The molecular formula is C13H13ClN4O2. The number of hydrogen-bond donors (Lipinski definition) is 3. The van der Waals surface area contributed by atoms with Gasteiger partial charge in [-0.3, -0.25) is 4.79 Å². The number of carbonyl (C=O) groups is 1. The van der Waals surface area contributed by atoms with E-state index in [-0.39, 0.29) is 6.42 Å². The van der Waals surface area contributed by atoms with Gasteiger partial charge in [-0.2, -0.15) is 0 Å². The molecule has 2 aromatic rings. The molecule has 0 fully saturated rings. The summed E-state index contributed by atoms with van der Waals surface area (Å²) in [6, 6.07) is 6.59. The summed E-state index contributed by atoms with van der Waals surface area (Å²) >= 11 is 6.01. The van der Waals surface area contributed by atoms with E-state index >= 15 is 0 Å². The van der Waals surface area contributed by atoms with E-state index in [0.717, 1.165) is 0 Å². The third-order valence-corrected chi connectivity index (χ3v) is 2.94. The minimum absolute atomic E-state index is 0.166. The van der Waals surface area contributed by atoms with Gasteiger partial charge in [0.15, 0.2) is 0 Å². The van der Waals surface area contributed by atoms with Crippen molar-refractivity contribution in [1.82, 2.24) is 9.97 Å². The Morgan fingerprint density at radius 1 is 1.35 bits per heavy atom. The lowest BCUT2D eigenvalue weighted by Crippen LogP contribution is -2.15. The number of aliphatic carboxylic acids is 1. The van der Waals surface area contributed by atoms with Gasteiger partial charge in [0.2, 0.25) is 5.95 Å². The van der Waals surface area contributed by atoms with Crippen LogP contribution in [0.15, 0.2) is 36.7 Å². The Kier molecular flexibility index (Phi) is 4.49. The molecule has 0 aliphatic rings. The van der Waals surface area contributed by atoms with Crippen LogP contribution < -0.4 is 11.1 Å². The normalized spacial score (nSPS) is 11.9. The number of benzene rings is 1. The van der Waals surface area contributed by atoms with Crippen molar-refractivity contribution >= 4 is 29.2 Å². The summed E-state index contributed by atoms with van der Waals surface area (Å²) in [5.74, 6) is -0.597. The molecule has 0 radical (unpaired) electrons. The van der Waals surface area contributed by atoms with Crippen molar-refractivity contribution in [2.75, 3.05) is 5.32 Å². The number of nitrogens with zero attached hydrogens (tertiary/aromatic N) is 2. The molecule has 2 rings (SSSR count). The van der Waals surface area contributed by atoms with Gasteiger partial charge in [0.1, 0.15) is 0 Å². The topological polar surface area (TPSA) is 101 Å². The second-order valence-corrected chi connectivity index (χ2v) is 4.56. The highest BCUT2D eigenvalue weighted by atomic mass is 35.5. The molecule has 4 N–H and O–H groups in total. The number of carboxylic acids is 1. The van der Waals surface area contributed by atoms with Crippen molar-refractivity contribution in [3.63, 3.8) is 0 Å². The Morgan fingerprint density at radius 3 is 2.60 bits per heavy atom. The number of halogens is 1. The molecular weight excluding hydrogens is 280 g/mol. The van der Waals surface area contributed by atoms with Crippen molar-refractivity contribution < 1.29 is 9.90 Å². The maximum Gasteiger partial charge on any atom is 0.305 e. The number of nitrogens with one attached hydrogen (secondary N) is 1. The van der Waals surface area contributed by atoms with Gasteiger partial charge in [-0.15, -0.1) is 0 Å². The van der Waals surface area contributed by atoms with E-state index in [4.69, 9.17) is 22.4 Å². The highest BCUT2D eigenvalue weighted by molar-refractivity contribution is 6.33. The number of anilines is 2. The number of hydrogen-bond acceptors (Lipinski definition) is 5. The smallest absolute Gasteiger partial charge is 0.305 e. The van der Waals surface area contributed by atoms with Gasteiger partial charge in [-0.25, -0.2) is 9.97 Å². The van der Waals surface area contributed by atoms with E-state index in [1.807, 2.05) is 12.1 Å². The fraction of sp³-hybridized carbons (Fsp3) is 0.154. The number of aromatic nitrogens is 2. The van der Waals surface area contributed by atoms with Crippen LogP contribution in [-0.2, 0) is 4.79 Å². The molecule has 0 aliphatic heterocycles. The molecule has 0 saturated heterocycles. The van der Waals surface area contributed by atoms with Crippen LogP contribution in [0.1, 0.15) is 18.0 Å². The fourth-order valence-corrected chi connectivity index (χ4v) is 1.77. The van der Waals surface area contributed by atoms with Gasteiger partial charge in [-0.1, -0.05) is 23.7 Å². The molecule has 0 spiro atoms. The Morgan fingerprint density at radius 2 is 2.00 bits per heavy atom. The molecule has 1 unspecified atom stereocenters. The second-order valence-electron chi connectivity index (χ2n) is 4.15. The van der Waals surface area contributed by atoms with Gasteiger partial charge >= 0.3 is 5.97 Å². The zero-order chi connectivity index (χ0) is 14.5. The third-order valence-electron chi connectivity index (χ3n) is 2.61. The van der Waals surface area contributed by atoms with Crippen LogP contribution in [0.5, 0.6) is 0 Å². The Hall–Kier alpha value is -2.18. The second kappa shape index (κ2) is 6.31. The third kappa shape index (κ3) is 3.66. The first-order valence-corrected chi connectivity index (χ1v) is 6.25. The van der Waals surface area contributed by atoms with Gasteiger partial charge in [0.25, 0.3) is 0 Å². The van der Waals surface area contributed by atoms with Crippen LogP contribution in [0.2, 0.25) is 5.02 Å². The zero-order valence-corrected chi connectivity index (χ0v) is 11.2. The van der Waals surface area contributed by atoms with Gasteiger partial charge in [0, 0.05) is 24.0 Å². The van der Waals surface area contributed by atoms with Crippen LogP contribution in [0, 0.1) is 0 Å². The maximum atomic E-state index is 10.6. The molecule has 1 aromatic carbocycles. The van der Waals surface area contributed by atoms with Gasteiger partial charge in [0.05, 0.1) is 17.1 Å². The summed E-state index contributed by atoms with van der Waals surface area (Å²) in [5.41, 5.74) is 6.98. The van der Waals surface area contributed by atoms with Crippen LogP contribution in [-0.4, -0.2) is 21.0 Å². The molecule has 7 heteroatoms. The number of para-hydroxylation sites is 1. The van der Waals surface area contributed by atoms with E-state index in [2.05, 4.69) is 15.3 Å². The molecule has 104 valence electrons. The predicted octanol–water partition coefficient (Wildman–Crippen LogP) is 2.35. The lowest BCUT2D eigenvalue weighted by Gasteiger charge is -2.10. The largest absolute Gasteiger partial charge is 0.481 e. The summed E-state index contributed by atoms with van der Waals surface area (Å²) in [5, 5.41) is 12.2. The van der Waals surface area contributed by atoms with E-state index in [1.165, 1.54) is 12.4 Å². The molecule has 1 heterocycles. The standard InChI is InChI=1S/C13H13ClN4O2/c14-9-3-1-2-4-11(9)18-13-16-6-8(7-17-13)10(15)5-12(19)20/h1-4,6-7,10H,5,15H2,(H,19,20)(H,16,17,18). The molecule has 0 amide bonds. The first kappa shape index (κ1) is 14.2. The quantitative estimate of drug-likeness (QED) is 0.782. The molecule has 6 nitrogen and oxygen atoms in total. The molecule has 20 heavy (non-hydrogen) atoms. The number of rotatable bonds is 5. The van der Waals surface area contributed by atoms with Crippen molar-refractivity contribution in [1.29, 1.82) is 0 Å².